The summed E-state index contributed by atoms with van der Waals surface area (Å²) in [5.41, 5.74) is 0. The second kappa shape index (κ2) is 6.24. The molecule has 3 heteroatoms. The smallest absolute Gasteiger partial charge is 0.381 e. The fourth-order valence-corrected chi connectivity index (χ4v) is 1.06. The van der Waals surface area contributed by atoms with E-state index in [9.17, 15) is 9.59 Å². The second-order valence-corrected chi connectivity index (χ2v) is 3.30. The Labute approximate surface area is 78.1 Å². The van der Waals surface area contributed by atoms with Crippen LogP contribution in [0.2, 0.25) is 0 Å². The van der Waals surface area contributed by atoms with E-state index in [4.69, 9.17) is 5.11 Å². The minimum Gasteiger partial charge on any atom is -0.472 e. The molecule has 3 nitrogen and oxygen atoms in total. The molecule has 1 atom stereocenters. The van der Waals surface area contributed by atoms with Crippen molar-refractivity contribution >= 4 is 12.3 Å². The van der Waals surface area contributed by atoms with Gasteiger partial charge in [-0.05, 0) is 12.3 Å². The Morgan fingerprint density at radius 2 is 2.15 bits per heavy atom. The first-order chi connectivity index (χ1) is 6.06. The highest BCUT2D eigenvalue weighted by molar-refractivity contribution is 5.86. The van der Waals surface area contributed by atoms with Gasteiger partial charge in [0.25, 0.3) is 0 Å². The van der Waals surface area contributed by atoms with Crippen molar-refractivity contribution in [3.63, 3.8) is 0 Å². The highest BCUT2D eigenvalue weighted by Gasteiger charge is 2.07. The van der Waals surface area contributed by atoms with Crippen LogP contribution in [0.5, 0.6) is 0 Å². The number of rotatable bonds is 4. The van der Waals surface area contributed by atoms with Crippen LogP contribution in [0.25, 0.3) is 0 Å². The molecular formula is C10H14O3. The predicted octanol–water partition coefficient (Wildman–Crippen LogP) is 1.33. The van der Waals surface area contributed by atoms with Gasteiger partial charge in [-0.2, -0.15) is 0 Å². The second-order valence-electron chi connectivity index (χ2n) is 3.30. The van der Waals surface area contributed by atoms with E-state index in [0.29, 0.717) is 12.3 Å². The number of carbonyl (C=O) groups excluding carboxylic acids is 1. The van der Waals surface area contributed by atoms with Crippen molar-refractivity contribution < 1.29 is 14.7 Å². The molecule has 0 rings (SSSR count). The van der Waals surface area contributed by atoms with Crippen molar-refractivity contribution in [1.82, 2.24) is 0 Å². The fraction of sp³-hybridized carbons (Fsp3) is 0.600. The third-order valence-electron chi connectivity index (χ3n) is 1.52. The highest BCUT2D eigenvalue weighted by atomic mass is 16.4. The van der Waals surface area contributed by atoms with Crippen molar-refractivity contribution in [2.75, 3.05) is 0 Å². The Balaban J connectivity index is 4.18. The number of carboxylic acids is 1. The zero-order valence-corrected chi connectivity index (χ0v) is 7.91. The number of aliphatic carboxylic acids is 1. The van der Waals surface area contributed by atoms with Crippen molar-refractivity contribution in [1.29, 1.82) is 0 Å². The van der Waals surface area contributed by atoms with Gasteiger partial charge in [-0.25, -0.2) is 4.79 Å². The first kappa shape index (κ1) is 11.7. The summed E-state index contributed by atoms with van der Waals surface area (Å²) in [6, 6.07) is 0. The minimum atomic E-state index is -1.14. The maximum atomic E-state index is 10.2. The monoisotopic (exact) mass is 182 g/mol. The summed E-state index contributed by atoms with van der Waals surface area (Å²) in [5, 5.41) is 8.30. The molecule has 72 valence electrons. The van der Waals surface area contributed by atoms with E-state index in [0.717, 1.165) is 12.7 Å². The van der Waals surface area contributed by atoms with E-state index in [1.54, 1.807) is 0 Å². The van der Waals surface area contributed by atoms with Crippen LogP contribution in [-0.2, 0) is 9.59 Å². The Hall–Kier alpha value is -1.30. The van der Waals surface area contributed by atoms with Crippen LogP contribution in [0.15, 0.2) is 0 Å². The van der Waals surface area contributed by atoms with E-state index in [2.05, 4.69) is 5.92 Å². The average Bonchev–Trinajstić information content (AvgIpc) is 1.99. The molecule has 0 aliphatic carbocycles. The number of hydrogen-bond acceptors (Lipinski definition) is 2. The Morgan fingerprint density at radius 1 is 1.54 bits per heavy atom. The molecule has 0 saturated carbocycles. The van der Waals surface area contributed by atoms with Gasteiger partial charge in [-0.15, -0.1) is 0 Å². The molecule has 0 radical (unpaired) electrons. The molecule has 0 aromatic rings. The van der Waals surface area contributed by atoms with Gasteiger partial charge in [-0.3, -0.25) is 0 Å². The summed E-state index contributed by atoms with van der Waals surface area (Å²) < 4.78 is 0. The number of carboxylic acid groups (broad SMARTS) is 1. The molecule has 0 fully saturated rings. The van der Waals surface area contributed by atoms with Gasteiger partial charge in [0.15, 0.2) is 0 Å². The van der Waals surface area contributed by atoms with Crippen molar-refractivity contribution in [3.8, 4) is 11.8 Å². The zero-order valence-electron chi connectivity index (χ0n) is 7.91. The highest BCUT2D eigenvalue weighted by Crippen LogP contribution is 2.12. The number of hydrogen-bond donors (Lipinski definition) is 1. The van der Waals surface area contributed by atoms with Crippen LogP contribution in [0.1, 0.15) is 26.7 Å². The molecule has 1 N–H and O–H groups in total. The maximum absolute atomic E-state index is 10.2. The molecule has 0 amide bonds. The van der Waals surface area contributed by atoms with Crippen LogP contribution in [0.4, 0.5) is 0 Å². The fourth-order valence-electron chi connectivity index (χ4n) is 1.06. The summed E-state index contributed by atoms with van der Waals surface area (Å²) in [6.07, 6.45) is 1.86. The molecular weight excluding hydrogens is 168 g/mol. The SMILES string of the molecule is CC(C)CC(C#CC(=O)O)CC=O. The maximum Gasteiger partial charge on any atom is 0.381 e. The van der Waals surface area contributed by atoms with Crippen LogP contribution in [0, 0.1) is 23.7 Å². The normalized spacial score (nSPS) is 11.6. The molecule has 0 heterocycles. The van der Waals surface area contributed by atoms with Gasteiger partial charge < -0.3 is 9.90 Å². The molecule has 0 saturated heterocycles. The third kappa shape index (κ3) is 7.07. The number of carbonyl (C=O) groups is 2. The summed E-state index contributed by atoms with van der Waals surface area (Å²) in [5.74, 6) is 3.78. The van der Waals surface area contributed by atoms with E-state index < -0.39 is 5.97 Å². The van der Waals surface area contributed by atoms with Gasteiger partial charge in [0.2, 0.25) is 0 Å². The molecule has 1 unspecified atom stereocenters. The molecule has 0 spiro atoms. The predicted molar refractivity (Wildman–Crippen MR) is 49.0 cm³/mol. The van der Waals surface area contributed by atoms with Crippen LogP contribution < -0.4 is 0 Å². The largest absolute Gasteiger partial charge is 0.472 e. The topological polar surface area (TPSA) is 54.4 Å². The van der Waals surface area contributed by atoms with Crippen LogP contribution in [0.3, 0.4) is 0 Å². The average molecular weight is 182 g/mol. The summed E-state index contributed by atoms with van der Waals surface area (Å²) >= 11 is 0. The standard InChI is InChI=1S/C10H14O3/c1-8(2)7-9(5-6-11)3-4-10(12)13/h6,8-9H,5,7H2,1-2H3,(H,12,13). The molecule has 0 aromatic carbocycles. The molecule has 0 aliphatic rings. The van der Waals surface area contributed by atoms with Crippen molar-refractivity contribution in [2.45, 2.75) is 26.7 Å². The van der Waals surface area contributed by atoms with Gasteiger partial charge in [-0.1, -0.05) is 19.8 Å². The van der Waals surface area contributed by atoms with Crippen LogP contribution in [-0.4, -0.2) is 17.4 Å². The van der Waals surface area contributed by atoms with Gasteiger partial charge >= 0.3 is 5.97 Å². The molecule has 0 aromatic heterocycles. The Morgan fingerprint density at radius 3 is 2.54 bits per heavy atom. The van der Waals surface area contributed by atoms with Crippen molar-refractivity contribution in [2.24, 2.45) is 11.8 Å². The van der Waals surface area contributed by atoms with E-state index in [-0.39, 0.29) is 5.92 Å². The van der Waals surface area contributed by atoms with Gasteiger partial charge in [0.1, 0.15) is 6.29 Å². The summed E-state index contributed by atoms with van der Waals surface area (Å²) in [7, 11) is 0. The van der Waals surface area contributed by atoms with E-state index in [1.165, 1.54) is 0 Å². The first-order valence-corrected chi connectivity index (χ1v) is 4.24. The van der Waals surface area contributed by atoms with Gasteiger partial charge in [0, 0.05) is 18.3 Å². The summed E-state index contributed by atoms with van der Waals surface area (Å²) in [4.78, 5) is 20.4. The quantitative estimate of drug-likeness (QED) is 0.527. The van der Waals surface area contributed by atoms with Gasteiger partial charge in [0.05, 0.1) is 0 Å². The molecule has 13 heavy (non-hydrogen) atoms. The lowest BCUT2D eigenvalue weighted by molar-refractivity contribution is -0.130. The van der Waals surface area contributed by atoms with Crippen molar-refractivity contribution in [3.05, 3.63) is 0 Å². The lowest BCUT2D eigenvalue weighted by Gasteiger charge is -2.08. The third-order valence-corrected chi connectivity index (χ3v) is 1.52. The first-order valence-electron chi connectivity index (χ1n) is 4.24. The van der Waals surface area contributed by atoms with E-state index >= 15 is 0 Å². The Bertz CT molecular complexity index is 232. The van der Waals surface area contributed by atoms with E-state index in [1.807, 2.05) is 19.8 Å². The summed E-state index contributed by atoms with van der Waals surface area (Å²) in [6.45, 7) is 4.03. The van der Waals surface area contributed by atoms with Crippen LogP contribution >= 0.6 is 0 Å². The lowest BCUT2D eigenvalue weighted by Crippen LogP contribution is -2.03. The zero-order chi connectivity index (χ0) is 10.3. The minimum absolute atomic E-state index is 0.117. The molecule has 0 aliphatic heterocycles. The Kier molecular flexibility index (Phi) is 5.62. The lowest BCUT2D eigenvalue weighted by atomic mass is 9.95. The molecule has 0 bridgehead atoms. The number of aldehydes is 1.